The molecule has 0 aliphatic heterocycles. The standard InChI is InChI=1S/C8H13N/c1-7(2)8(3)5-4-6-9/h4-6H,1,9H2,2-3H3/b6-4-,8-5-. The fourth-order valence-electron chi connectivity index (χ4n) is 0.342. The van der Waals surface area contributed by atoms with Crippen molar-refractivity contribution in [3.05, 3.63) is 36.1 Å². The van der Waals surface area contributed by atoms with Gasteiger partial charge >= 0.3 is 0 Å². The molecule has 0 heterocycles. The summed E-state index contributed by atoms with van der Waals surface area (Å²) in [7, 11) is 0. The normalized spacial score (nSPS) is 12.4. The minimum absolute atomic E-state index is 1.08. The van der Waals surface area contributed by atoms with Crippen LogP contribution in [0.15, 0.2) is 36.1 Å². The first-order valence-electron chi connectivity index (χ1n) is 2.89. The van der Waals surface area contributed by atoms with E-state index in [1.54, 1.807) is 6.08 Å². The summed E-state index contributed by atoms with van der Waals surface area (Å²) in [6.07, 6.45) is 5.23. The van der Waals surface area contributed by atoms with Crippen molar-refractivity contribution in [1.82, 2.24) is 0 Å². The fraction of sp³-hybridized carbons (Fsp3) is 0.250. The Balaban J connectivity index is 4.00. The van der Waals surface area contributed by atoms with Gasteiger partial charge in [0.2, 0.25) is 0 Å². The molecule has 0 aliphatic rings. The van der Waals surface area contributed by atoms with Crippen LogP contribution in [0.4, 0.5) is 0 Å². The van der Waals surface area contributed by atoms with E-state index in [2.05, 4.69) is 6.58 Å². The molecular weight excluding hydrogens is 110 g/mol. The molecule has 0 radical (unpaired) electrons. The predicted octanol–water partition coefficient (Wildman–Crippen LogP) is 1.98. The van der Waals surface area contributed by atoms with Crippen molar-refractivity contribution >= 4 is 0 Å². The first kappa shape index (κ1) is 8.02. The number of rotatable bonds is 2. The van der Waals surface area contributed by atoms with Crippen molar-refractivity contribution in [2.75, 3.05) is 0 Å². The van der Waals surface area contributed by atoms with E-state index in [0.29, 0.717) is 0 Å². The van der Waals surface area contributed by atoms with Gasteiger partial charge in [-0.1, -0.05) is 18.2 Å². The molecule has 0 aliphatic carbocycles. The molecule has 0 spiro atoms. The zero-order valence-corrected chi connectivity index (χ0v) is 6.02. The van der Waals surface area contributed by atoms with Crippen LogP contribution in [0.1, 0.15) is 13.8 Å². The minimum Gasteiger partial charge on any atom is -0.405 e. The zero-order valence-electron chi connectivity index (χ0n) is 6.02. The second kappa shape index (κ2) is 3.96. The maximum Gasteiger partial charge on any atom is -0.00623 e. The molecule has 2 N–H and O–H groups in total. The smallest absolute Gasteiger partial charge is 0.00623 e. The molecule has 0 atom stereocenters. The van der Waals surface area contributed by atoms with Gasteiger partial charge in [0.1, 0.15) is 0 Å². The minimum atomic E-state index is 1.08. The van der Waals surface area contributed by atoms with E-state index in [1.165, 1.54) is 6.20 Å². The summed E-state index contributed by atoms with van der Waals surface area (Å²) in [4.78, 5) is 0. The van der Waals surface area contributed by atoms with Gasteiger partial charge in [-0.15, -0.1) is 0 Å². The molecular formula is C8H13N. The van der Waals surface area contributed by atoms with Crippen molar-refractivity contribution in [2.45, 2.75) is 13.8 Å². The third kappa shape index (κ3) is 3.59. The van der Waals surface area contributed by atoms with Gasteiger partial charge in [0.15, 0.2) is 0 Å². The van der Waals surface area contributed by atoms with E-state index in [4.69, 9.17) is 5.73 Å². The molecule has 0 saturated heterocycles. The van der Waals surface area contributed by atoms with Crippen molar-refractivity contribution in [3.63, 3.8) is 0 Å². The third-order valence-electron chi connectivity index (χ3n) is 1.13. The largest absolute Gasteiger partial charge is 0.405 e. The molecule has 0 bridgehead atoms. The molecule has 0 rings (SSSR count). The van der Waals surface area contributed by atoms with Crippen molar-refractivity contribution in [1.29, 1.82) is 0 Å². The van der Waals surface area contributed by atoms with Gasteiger partial charge in [-0.2, -0.15) is 0 Å². The summed E-state index contributed by atoms with van der Waals surface area (Å²) in [6.45, 7) is 7.74. The van der Waals surface area contributed by atoms with E-state index >= 15 is 0 Å². The fourth-order valence-corrected chi connectivity index (χ4v) is 0.342. The summed E-state index contributed by atoms with van der Waals surface area (Å²) in [5, 5.41) is 0. The molecule has 0 unspecified atom stereocenters. The zero-order chi connectivity index (χ0) is 7.28. The number of nitrogens with two attached hydrogens (primary N) is 1. The van der Waals surface area contributed by atoms with Gasteiger partial charge in [0, 0.05) is 0 Å². The molecule has 1 heteroatoms. The Morgan fingerprint density at radius 2 is 2.00 bits per heavy atom. The maximum atomic E-state index is 5.12. The molecule has 1 nitrogen and oxygen atoms in total. The first-order valence-corrected chi connectivity index (χ1v) is 2.89. The Morgan fingerprint density at radius 3 is 2.33 bits per heavy atom. The lowest BCUT2D eigenvalue weighted by Gasteiger charge is -1.93. The van der Waals surface area contributed by atoms with Gasteiger partial charge in [-0.25, -0.2) is 0 Å². The summed E-state index contributed by atoms with van der Waals surface area (Å²) in [5.74, 6) is 0. The maximum absolute atomic E-state index is 5.12. The van der Waals surface area contributed by atoms with Gasteiger partial charge in [0.25, 0.3) is 0 Å². The molecule has 50 valence electrons. The van der Waals surface area contributed by atoms with Gasteiger partial charge in [0.05, 0.1) is 0 Å². The second-order valence-corrected chi connectivity index (χ2v) is 2.01. The Kier molecular flexibility index (Phi) is 3.52. The molecule has 0 fully saturated rings. The van der Waals surface area contributed by atoms with Crippen molar-refractivity contribution < 1.29 is 0 Å². The molecule has 0 aromatic heterocycles. The summed E-state index contributed by atoms with van der Waals surface area (Å²) >= 11 is 0. The second-order valence-electron chi connectivity index (χ2n) is 2.01. The topological polar surface area (TPSA) is 26.0 Å². The molecule has 0 aromatic carbocycles. The number of hydrogen-bond donors (Lipinski definition) is 1. The number of hydrogen-bond acceptors (Lipinski definition) is 1. The number of allylic oxidation sites excluding steroid dienone is 4. The van der Waals surface area contributed by atoms with Crippen LogP contribution in [-0.4, -0.2) is 0 Å². The van der Waals surface area contributed by atoms with Crippen molar-refractivity contribution in [2.24, 2.45) is 5.73 Å². The van der Waals surface area contributed by atoms with Crippen LogP contribution in [0.3, 0.4) is 0 Å². The van der Waals surface area contributed by atoms with E-state index in [-0.39, 0.29) is 0 Å². The van der Waals surface area contributed by atoms with Gasteiger partial charge in [-0.3, -0.25) is 0 Å². The van der Waals surface area contributed by atoms with E-state index in [0.717, 1.165) is 11.1 Å². The summed E-state index contributed by atoms with van der Waals surface area (Å²) in [5.41, 5.74) is 7.36. The van der Waals surface area contributed by atoms with E-state index < -0.39 is 0 Å². The molecule has 0 amide bonds. The highest BCUT2D eigenvalue weighted by atomic mass is 14.5. The lowest BCUT2D eigenvalue weighted by atomic mass is 10.1. The highest BCUT2D eigenvalue weighted by Crippen LogP contribution is 2.03. The van der Waals surface area contributed by atoms with Crippen LogP contribution in [0.2, 0.25) is 0 Å². The summed E-state index contributed by atoms with van der Waals surface area (Å²) in [6, 6.07) is 0. The van der Waals surface area contributed by atoms with Crippen LogP contribution >= 0.6 is 0 Å². The van der Waals surface area contributed by atoms with Crippen LogP contribution in [0.5, 0.6) is 0 Å². The quantitative estimate of drug-likeness (QED) is 0.558. The third-order valence-corrected chi connectivity index (χ3v) is 1.13. The van der Waals surface area contributed by atoms with Crippen molar-refractivity contribution in [3.8, 4) is 0 Å². The lowest BCUT2D eigenvalue weighted by Crippen LogP contribution is -1.76. The molecule has 0 saturated carbocycles. The average Bonchev–Trinajstić information content (AvgIpc) is 1.82. The van der Waals surface area contributed by atoms with E-state index in [9.17, 15) is 0 Å². The SMILES string of the molecule is C=C(C)/C(C)=C\C=C/N. The predicted molar refractivity (Wildman–Crippen MR) is 41.9 cm³/mol. The van der Waals surface area contributed by atoms with Crippen LogP contribution < -0.4 is 5.73 Å². The van der Waals surface area contributed by atoms with Gasteiger partial charge < -0.3 is 5.73 Å². The average molecular weight is 123 g/mol. The Bertz CT molecular complexity index is 152. The Labute approximate surface area is 56.6 Å². The van der Waals surface area contributed by atoms with Crippen LogP contribution in [-0.2, 0) is 0 Å². The van der Waals surface area contributed by atoms with Crippen LogP contribution in [0, 0.1) is 0 Å². The van der Waals surface area contributed by atoms with Gasteiger partial charge in [-0.05, 0) is 31.7 Å². The molecule has 0 aromatic rings. The van der Waals surface area contributed by atoms with Crippen LogP contribution in [0.25, 0.3) is 0 Å². The molecule has 9 heavy (non-hydrogen) atoms. The Hall–Kier alpha value is -0.980. The highest BCUT2D eigenvalue weighted by molar-refractivity contribution is 5.27. The van der Waals surface area contributed by atoms with E-state index in [1.807, 2.05) is 19.9 Å². The lowest BCUT2D eigenvalue weighted by molar-refractivity contribution is 1.36. The monoisotopic (exact) mass is 123 g/mol. The highest BCUT2D eigenvalue weighted by Gasteiger charge is 1.83. The Morgan fingerprint density at radius 1 is 1.44 bits per heavy atom. The first-order chi connectivity index (χ1) is 4.18. The summed E-state index contributed by atoms with van der Waals surface area (Å²) < 4.78 is 0.